The van der Waals surface area contributed by atoms with Gasteiger partial charge in [0.2, 0.25) is 0 Å². The Hall–Kier alpha value is -9.30. The van der Waals surface area contributed by atoms with E-state index in [0.29, 0.717) is 0 Å². The van der Waals surface area contributed by atoms with Crippen molar-refractivity contribution in [1.29, 1.82) is 0 Å². The SMILES string of the molecule is c1ccc(-c2c(-c3ccccc3)c3cc(-c4ccccc4N(c4cccc5c4-c4ccccc4C5(c4ccccc4)c4ccccc4)c4cccc5c4ccc4ccccc45)ccc3c3ccccc23)cc1. The molecule has 0 radical (unpaired) electrons. The van der Waals surface area contributed by atoms with Crippen molar-refractivity contribution in [3.63, 3.8) is 0 Å². The van der Waals surface area contributed by atoms with E-state index in [0.717, 1.165) is 28.2 Å². The average Bonchev–Trinajstić information content (AvgIpc) is 3.77. The lowest BCUT2D eigenvalue weighted by Gasteiger charge is -2.35. The molecule has 0 saturated heterocycles. The first-order valence-corrected chi connectivity index (χ1v) is 25.0. The molecule has 0 amide bonds. The fraction of sp³-hybridized carbons (Fsp3) is 0.0141. The summed E-state index contributed by atoms with van der Waals surface area (Å²) >= 11 is 0. The number of nitrogens with zero attached hydrogens (tertiary/aromatic N) is 1. The van der Waals surface area contributed by atoms with Crippen molar-refractivity contribution in [3.05, 3.63) is 307 Å². The standard InChI is InChI=1S/C71H47N/c1-5-24-49(25-6-1)68-60-35-16-15-34-57(60)58-45-44-51(47-62(58)69(68)50-26-7-2-8-27-50)55-33-18-20-40-65(55)72(66-41-21-37-56-54-32-14-13-23-48(54)43-46-59(56)66)67-42-22-39-64-70(67)61-36-17-19-38-63(61)71(64,52-28-9-3-10-29-52)53-30-11-4-12-31-53/h1-47H. The maximum Gasteiger partial charge on any atom is 0.0714 e. The normalized spacial score (nSPS) is 12.6. The molecule has 1 heteroatoms. The predicted molar refractivity (Wildman–Crippen MR) is 305 cm³/mol. The van der Waals surface area contributed by atoms with Gasteiger partial charge in [0.05, 0.1) is 22.5 Å². The quantitative estimate of drug-likeness (QED) is 0.137. The van der Waals surface area contributed by atoms with Crippen molar-refractivity contribution in [3.8, 4) is 44.5 Å². The lowest BCUT2D eigenvalue weighted by Crippen LogP contribution is -2.28. The highest BCUT2D eigenvalue weighted by molar-refractivity contribution is 6.22. The van der Waals surface area contributed by atoms with Gasteiger partial charge in [-0.3, -0.25) is 0 Å². The van der Waals surface area contributed by atoms with E-state index < -0.39 is 5.41 Å². The predicted octanol–water partition coefficient (Wildman–Crippen LogP) is 19.1. The zero-order valence-corrected chi connectivity index (χ0v) is 39.6. The van der Waals surface area contributed by atoms with Crippen LogP contribution in [0.4, 0.5) is 17.1 Å². The van der Waals surface area contributed by atoms with Crippen molar-refractivity contribution in [1.82, 2.24) is 0 Å². The molecule has 1 aliphatic rings. The molecule has 336 valence electrons. The molecule has 0 aliphatic heterocycles. The number of rotatable bonds is 8. The molecule has 0 unspecified atom stereocenters. The second-order valence-electron chi connectivity index (χ2n) is 19.0. The number of fused-ring (bicyclic) bond motifs is 9. The molecule has 0 saturated carbocycles. The summed E-state index contributed by atoms with van der Waals surface area (Å²) in [4.78, 5) is 2.58. The highest BCUT2D eigenvalue weighted by Gasteiger charge is 2.47. The maximum absolute atomic E-state index is 2.58. The van der Waals surface area contributed by atoms with Crippen LogP contribution in [0.1, 0.15) is 22.3 Å². The average molecular weight is 914 g/mol. The minimum absolute atomic E-state index is 0.560. The Kier molecular flexibility index (Phi) is 9.82. The molecular weight excluding hydrogens is 867 g/mol. The fourth-order valence-electron chi connectivity index (χ4n) is 12.3. The van der Waals surface area contributed by atoms with Crippen molar-refractivity contribution >= 4 is 60.2 Å². The van der Waals surface area contributed by atoms with Crippen LogP contribution in [0.2, 0.25) is 0 Å². The molecule has 1 nitrogen and oxygen atoms in total. The summed E-state index contributed by atoms with van der Waals surface area (Å²) in [5, 5.41) is 9.83. The Morgan fingerprint density at radius 3 is 1.43 bits per heavy atom. The van der Waals surface area contributed by atoms with Gasteiger partial charge in [-0.05, 0) is 118 Å². The van der Waals surface area contributed by atoms with Gasteiger partial charge in [0.1, 0.15) is 0 Å². The van der Waals surface area contributed by atoms with Gasteiger partial charge >= 0.3 is 0 Å². The van der Waals surface area contributed by atoms with E-state index in [1.807, 2.05) is 0 Å². The number of para-hydroxylation sites is 1. The molecule has 1 aliphatic carbocycles. The van der Waals surface area contributed by atoms with E-state index in [-0.39, 0.29) is 0 Å². The first kappa shape index (κ1) is 41.7. The van der Waals surface area contributed by atoms with Crippen LogP contribution in [0.25, 0.3) is 87.6 Å². The van der Waals surface area contributed by atoms with Crippen LogP contribution in [0.3, 0.4) is 0 Å². The second kappa shape index (κ2) is 17.0. The van der Waals surface area contributed by atoms with Gasteiger partial charge in [-0.15, -0.1) is 0 Å². The molecule has 0 fully saturated rings. The van der Waals surface area contributed by atoms with Gasteiger partial charge < -0.3 is 4.90 Å². The summed E-state index contributed by atoms with van der Waals surface area (Å²) in [6, 6.07) is 106. The summed E-state index contributed by atoms with van der Waals surface area (Å²) in [7, 11) is 0. The van der Waals surface area contributed by atoms with Crippen LogP contribution in [0.5, 0.6) is 0 Å². The Morgan fingerprint density at radius 2 is 0.708 bits per heavy atom. The third-order valence-electron chi connectivity index (χ3n) is 15.3. The van der Waals surface area contributed by atoms with Crippen LogP contribution >= 0.6 is 0 Å². The number of anilines is 3. The van der Waals surface area contributed by atoms with Crippen LogP contribution in [-0.2, 0) is 5.41 Å². The summed E-state index contributed by atoms with van der Waals surface area (Å²) in [6.45, 7) is 0. The van der Waals surface area contributed by atoms with Crippen LogP contribution in [0, 0.1) is 0 Å². The van der Waals surface area contributed by atoms with Crippen molar-refractivity contribution in [2.24, 2.45) is 0 Å². The van der Waals surface area contributed by atoms with Crippen molar-refractivity contribution in [2.45, 2.75) is 5.41 Å². The van der Waals surface area contributed by atoms with Gasteiger partial charge in [0.15, 0.2) is 0 Å². The molecule has 0 spiro atoms. The lowest BCUT2D eigenvalue weighted by molar-refractivity contribution is 0.768. The molecule has 0 bridgehead atoms. The summed E-state index contributed by atoms with van der Waals surface area (Å²) < 4.78 is 0. The summed E-state index contributed by atoms with van der Waals surface area (Å²) in [5.74, 6) is 0. The topological polar surface area (TPSA) is 3.24 Å². The van der Waals surface area contributed by atoms with Gasteiger partial charge in [0, 0.05) is 16.5 Å². The van der Waals surface area contributed by atoms with E-state index in [1.165, 1.54) is 98.7 Å². The van der Waals surface area contributed by atoms with Crippen LogP contribution in [0.15, 0.2) is 285 Å². The summed E-state index contributed by atoms with van der Waals surface area (Å²) in [6.07, 6.45) is 0. The highest BCUT2D eigenvalue weighted by Crippen LogP contribution is 2.60. The molecule has 13 aromatic carbocycles. The molecule has 0 atom stereocenters. The van der Waals surface area contributed by atoms with Gasteiger partial charge in [0.25, 0.3) is 0 Å². The maximum atomic E-state index is 2.58. The minimum Gasteiger partial charge on any atom is -0.309 e. The largest absolute Gasteiger partial charge is 0.309 e. The molecule has 0 N–H and O–H groups in total. The van der Waals surface area contributed by atoms with Crippen molar-refractivity contribution in [2.75, 3.05) is 4.90 Å². The number of hydrogen-bond donors (Lipinski definition) is 0. The lowest BCUT2D eigenvalue weighted by atomic mass is 9.68. The monoisotopic (exact) mass is 913 g/mol. The van der Waals surface area contributed by atoms with E-state index in [2.05, 4.69) is 290 Å². The number of hydrogen-bond acceptors (Lipinski definition) is 1. The Labute approximate surface area is 420 Å². The highest BCUT2D eigenvalue weighted by atomic mass is 15.1. The zero-order chi connectivity index (χ0) is 47.6. The molecule has 14 rings (SSSR count). The molecule has 13 aromatic rings. The molecular formula is C71H47N. The molecule has 72 heavy (non-hydrogen) atoms. The minimum atomic E-state index is -0.560. The Morgan fingerprint density at radius 1 is 0.236 bits per heavy atom. The Bertz CT molecular complexity index is 4160. The van der Waals surface area contributed by atoms with E-state index in [1.54, 1.807) is 0 Å². The molecule has 0 heterocycles. The first-order chi connectivity index (χ1) is 35.8. The van der Waals surface area contributed by atoms with E-state index in [4.69, 9.17) is 0 Å². The second-order valence-corrected chi connectivity index (χ2v) is 19.0. The Balaban J connectivity index is 1.09. The van der Waals surface area contributed by atoms with Crippen LogP contribution < -0.4 is 4.90 Å². The number of benzene rings is 13. The first-order valence-electron chi connectivity index (χ1n) is 25.0. The van der Waals surface area contributed by atoms with Gasteiger partial charge in [-0.2, -0.15) is 0 Å². The fourth-order valence-corrected chi connectivity index (χ4v) is 12.3. The van der Waals surface area contributed by atoms with E-state index >= 15 is 0 Å². The smallest absolute Gasteiger partial charge is 0.0714 e. The third-order valence-corrected chi connectivity index (χ3v) is 15.3. The van der Waals surface area contributed by atoms with Crippen LogP contribution in [-0.4, -0.2) is 0 Å². The molecule has 0 aromatic heterocycles. The van der Waals surface area contributed by atoms with Gasteiger partial charge in [-0.25, -0.2) is 0 Å². The summed E-state index contributed by atoms with van der Waals surface area (Å²) in [5.41, 5.74) is 17.5. The van der Waals surface area contributed by atoms with Gasteiger partial charge in [-0.1, -0.05) is 261 Å². The third kappa shape index (κ3) is 6.34. The van der Waals surface area contributed by atoms with E-state index in [9.17, 15) is 0 Å². The zero-order valence-electron chi connectivity index (χ0n) is 39.6. The van der Waals surface area contributed by atoms with Crippen molar-refractivity contribution < 1.29 is 0 Å².